The summed E-state index contributed by atoms with van der Waals surface area (Å²) in [5.41, 5.74) is 4.97. The third-order valence-electron chi connectivity index (χ3n) is 0.699. The molecular formula is C3H7NO6S2. The number of hydrogen-bond acceptors (Lipinski definition) is 6. The lowest BCUT2D eigenvalue weighted by atomic mass is 10.4. The van der Waals surface area contributed by atoms with Crippen molar-refractivity contribution in [2.45, 2.75) is 6.04 Å². The van der Waals surface area contributed by atoms with E-state index in [1.807, 2.05) is 0 Å². The average molecular weight is 217 g/mol. The van der Waals surface area contributed by atoms with E-state index in [-0.39, 0.29) is 17.8 Å². The van der Waals surface area contributed by atoms with Crippen molar-refractivity contribution in [2.24, 2.45) is 5.73 Å². The minimum absolute atomic E-state index is 0.253. The number of carboxylic acid groups (broad SMARTS) is 1. The number of aliphatic carboxylic acids is 1. The Bertz CT molecular complexity index is 248. The summed E-state index contributed by atoms with van der Waals surface area (Å²) in [7, 11) is -4.53. The molecule has 0 bridgehead atoms. The lowest BCUT2D eigenvalue weighted by Crippen LogP contribution is -2.32. The van der Waals surface area contributed by atoms with Crippen LogP contribution in [-0.4, -0.2) is 35.8 Å². The van der Waals surface area contributed by atoms with Crippen LogP contribution in [0.25, 0.3) is 0 Å². The van der Waals surface area contributed by atoms with Gasteiger partial charge in [-0.3, -0.25) is 9.35 Å². The summed E-state index contributed by atoms with van der Waals surface area (Å²) < 4.78 is 31.6. The van der Waals surface area contributed by atoms with Crippen molar-refractivity contribution in [1.82, 2.24) is 0 Å². The maximum absolute atomic E-state index is 10.0. The van der Waals surface area contributed by atoms with Crippen LogP contribution in [0.2, 0.25) is 0 Å². The molecule has 0 radical (unpaired) electrons. The molecule has 0 amide bonds. The van der Waals surface area contributed by atoms with E-state index in [1.54, 1.807) is 0 Å². The molecule has 9 heteroatoms. The van der Waals surface area contributed by atoms with Crippen LogP contribution in [0.4, 0.5) is 0 Å². The fourth-order valence-electron chi connectivity index (χ4n) is 0.233. The fourth-order valence-corrected chi connectivity index (χ4v) is 1.23. The zero-order valence-electron chi connectivity index (χ0n) is 5.71. The number of rotatable bonds is 5. The van der Waals surface area contributed by atoms with Crippen molar-refractivity contribution in [3.05, 3.63) is 0 Å². The maximum atomic E-state index is 10.0. The standard InChI is InChI=1S/C3H7NO6S2/c4-2(3(5)6)1-11-10-12(7,8)9/h2H,1,4H2,(H,5,6)(H,7,8,9)/t2-/m0/s1. The summed E-state index contributed by atoms with van der Waals surface area (Å²) in [5.74, 6) is -1.55. The van der Waals surface area contributed by atoms with Crippen LogP contribution in [0.3, 0.4) is 0 Å². The van der Waals surface area contributed by atoms with E-state index >= 15 is 0 Å². The molecule has 0 heterocycles. The molecule has 0 aliphatic rings. The Morgan fingerprint density at radius 1 is 1.67 bits per heavy atom. The van der Waals surface area contributed by atoms with Gasteiger partial charge in [-0.15, -0.1) is 0 Å². The zero-order valence-corrected chi connectivity index (χ0v) is 7.34. The Hall–Kier alpha value is -0.350. The predicted molar refractivity (Wildman–Crippen MR) is 40.7 cm³/mol. The van der Waals surface area contributed by atoms with Gasteiger partial charge in [0.05, 0.1) is 0 Å². The minimum atomic E-state index is -4.53. The molecule has 0 aliphatic carbocycles. The molecule has 0 fully saturated rings. The molecule has 0 saturated carbocycles. The number of hydrogen-bond donors (Lipinski definition) is 3. The Labute approximate surface area is 73.0 Å². The normalized spacial score (nSPS) is 14.2. The topological polar surface area (TPSA) is 127 Å². The van der Waals surface area contributed by atoms with Crippen LogP contribution >= 0.6 is 12.0 Å². The molecule has 0 saturated heterocycles. The third kappa shape index (κ3) is 6.37. The van der Waals surface area contributed by atoms with Gasteiger partial charge in [0.1, 0.15) is 6.04 Å². The van der Waals surface area contributed by atoms with Crippen LogP contribution in [0.1, 0.15) is 0 Å². The van der Waals surface area contributed by atoms with Gasteiger partial charge in [-0.05, 0) is 0 Å². The van der Waals surface area contributed by atoms with Crippen LogP contribution in [0, 0.1) is 0 Å². The van der Waals surface area contributed by atoms with E-state index in [1.165, 1.54) is 0 Å². The van der Waals surface area contributed by atoms with E-state index < -0.39 is 22.4 Å². The van der Waals surface area contributed by atoms with Crippen LogP contribution in [0.15, 0.2) is 0 Å². The largest absolute Gasteiger partial charge is 0.480 e. The summed E-state index contributed by atoms with van der Waals surface area (Å²) in [6.07, 6.45) is 0. The molecule has 4 N–H and O–H groups in total. The van der Waals surface area contributed by atoms with E-state index in [0.717, 1.165) is 0 Å². The summed E-state index contributed by atoms with van der Waals surface area (Å²) in [5, 5.41) is 8.21. The summed E-state index contributed by atoms with van der Waals surface area (Å²) in [4.78, 5) is 10.0. The van der Waals surface area contributed by atoms with Crippen molar-refractivity contribution < 1.29 is 26.5 Å². The highest BCUT2D eigenvalue weighted by molar-refractivity contribution is 8.02. The van der Waals surface area contributed by atoms with Gasteiger partial charge in [0.2, 0.25) is 0 Å². The first-order valence-corrected chi connectivity index (χ1v) is 4.87. The third-order valence-corrected chi connectivity index (χ3v) is 2.27. The monoisotopic (exact) mass is 217 g/mol. The molecule has 0 aromatic heterocycles. The number of nitrogens with two attached hydrogens (primary N) is 1. The molecule has 72 valence electrons. The molecule has 0 rings (SSSR count). The Morgan fingerprint density at radius 3 is 2.50 bits per heavy atom. The number of carbonyl (C=O) groups is 1. The molecule has 12 heavy (non-hydrogen) atoms. The van der Waals surface area contributed by atoms with Crippen molar-refractivity contribution in [3.8, 4) is 0 Å². The van der Waals surface area contributed by atoms with Gasteiger partial charge in [0.25, 0.3) is 0 Å². The highest BCUT2D eigenvalue weighted by Crippen LogP contribution is 2.07. The highest BCUT2D eigenvalue weighted by atomic mass is 32.3. The predicted octanol–water partition coefficient (Wildman–Crippen LogP) is -1.13. The van der Waals surface area contributed by atoms with Crippen molar-refractivity contribution in [2.75, 3.05) is 5.75 Å². The zero-order chi connectivity index (χ0) is 9.78. The Balaban J connectivity index is 3.65. The van der Waals surface area contributed by atoms with Crippen LogP contribution in [-0.2, 0) is 18.8 Å². The fraction of sp³-hybridized carbons (Fsp3) is 0.667. The summed E-state index contributed by atoms with van der Waals surface area (Å²) >= 11 is 0.253. The summed E-state index contributed by atoms with van der Waals surface area (Å²) in [6.45, 7) is 0. The second-order valence-electron chi connectivity index (χ2n) is 1.73. The smallest absolute Gasteiger partial charge is 0.408 e. The minimum Gasteiger partial charge on any atom is -0.480 e. The van der Waals surface area contributed by atoms with Gasteiger partial charge in [-0.2, -0.15) is 12.0 Å². The van der Waals surface area contributed by atoms with Gasteiger partial charge in [-0.1, -0.05) is 0 Å². The summed E-state index contributed by atoms with van der Waals surface area (Å²) in [6, 6.07) is -1.23. The van der Waals surface area contributed by atoms with Gasteiger partial charge < -0.3 is 10.8 Å². The molecular weight excluding hydrogens is 210 g/mol. The van der Waals surface area contributed by atoms with Crippen molar-refractivity contribution in [3.63, 3.8) is 0 Å². The van der Waals surface area contributed by atoms with Gasteiger partial charge in [-0.25, -0.2) is 0 Å². The Kier molecular flexibility index (Phi) is 4.49. The van der Waals surface area contributed by atoms with Crippen LogP contribution < -0.4 is 5.73 Å². The van der Waals surface area contributed by atoms with E-state index in [9.17, 15) is 13.2 Å². The highest BCUT2D eigenvalue weighted by Gasteiger charge is 2.14. The lowest BCUT2D eigenvalue weighted by molar-refractivity contribution is -0.137. The first kappa shape index (κ1) is 11.6. The van der Waals surface area contributed by atoms with Gasteiger partial charge in [0, 0.05) is 17.8 Å². The van der Waals surface area contributed by atoms with E-state index in [4.69, 9.17) is 15.4 Å². The van der Waals surface area contributed by atoms with Crippen molar-refractivity contribution in [1.29, 1.82) is 0 Å². The molecule has 0 spiro atoms. The van der Waals surface area contributed by atoms with Crippen LogP contribution in [0.5, 0.6) is 0 Å². The lowest BCUT2D eigenvalue weighted by Gasteiger charge is -2.02. The Morgan fingerprint density at radius 2 is 2.17 bits per heavy atom. The maximum Gasteiger partial charge on any atom is 0.408 e. The average Bonchev–Trinajstić information content (AvgIpc) is 1.84. The number of carboxylic acids is 1. The molecule has 1 atom stereocenters. The van der Waals surface area contributed by atoms with Crippen molar-refractivity contribution >= 4 is 28.4 Å². The molecule has 0 aromatic rings. The molecule has 0 unspecified atom stereocenters. The van der Waals surface area contributed by atoms with E-state index in [2.05, 4.69) is 3.63 Å². The molecule has 0 aliphatic heterocycles. The second-order valence-corrected chi connectivity index (χ2v) is 3.69. The molecule has 0 aromatic carbocycles. The van der Waals surface area contributed by atoms with Gasteiger partial charge >= 0.3 is 16.4 Å². The molecule has 7 nitrogen and oxygen atoms in total. The quantitative estimate of drug-likeness (QED) is 0.390. The van der Waals surface area contributed by atoms with Gasteiger partial charge in [0.15, 0.2) is 0 Å². The first-order valence-electron chi connectivity index (χ1n) is 2.60. The van der Waals surface area contributed by atoms with E-state index in [0.29, 0.717) is 0 Å². The SMILES string of the molecule is N[C@@H](CSOS(=O)(=O)O)C(=O)O. The first-order chi connectivity index (χ1) is 5.33. The second kappa shape index (κ2) is 4.62.